The van der Waals surface area contributed by atoms with Gasteiger partial charge in [0.05, 0.1) is 13.0 Å². The number of hydrogen-bond donors (Lipinski definition) is 1. The summed E-state index contributed by atoms with van der Waals surface area (Å²) in [4.78, 5) is 19.2. The average Bonchev–Trinajstić information content (AvgIpc) is 3.15. The highest BCUT2D eigenvalue weighted by atomic mass is 32.1. The molecule has 1 atom stereocenters. The molecule has 7 heteroatoms. The summed E-state index contributed by atoms with van der Waals surface area (Å²) in [7, 11) is 1.67. The standard InChI is InChI=1S/C19H26N4O2S/c1-3-9-20-18(24)15-7-5-10-23(13-15)19-21-17(22-26-19)12-14-6-4-8-16(11-14)25-2/h4,6,8,11,15H,3,5,7,9-10,12-13H2,1-2H3,(H,20,24)/t15-/m0/s1. The van der Waals surface area contributed by atoms with Crippen LogP contribution >= 0.6 is 11.5 Å². The average molecular weight is 375 g/mol. The number of hydrogen-bond acceptors (Lipinski definition) is 6. The molecule has 0 spiro atoms. The van der Waals surface area contributed by atoms with Gasteiger partial charge < -0.3 is 15.0 Å². The zero-order chi connectivity index (χ0) is 18.4. The topological polar surface area (TPSA) is 67.4 Å². The van der Waals surface area contributed by atoms with Crippen LogP contribution in [-0.2, 0) is 11.2 Å². The summed E-state index contributed by atoms with van der Waals surface area (Å²) in [5.41, 5.74) is 1.13. The molecule has 1 saturated heterocycles. The number of benzene rings is 1. The number of amides is 1. The van der Waals surface area contributed by atoms with Crippen LogP contribution in [0.25, 0.3) is 0 Å². The van der Waals surface area contributed by atoms with Crippen LogP contribution in [0.15, 0.2) is 24.3 Å². The Kier molecular flexibility index (Phi) is 6.44. The van der Waals surface area contributed by atoms with Crippen molar-refractivity contribution in [3.8, 4) is 5.75 Å². The first-order valence-corrected chi connectivity index (χ1v) is 9.95. The van der Waals surface area contributed by atoms with Crippen molar-refractivity contribution >= 4 is 22.6 Å². The zero-order valence-corrected chi connectivity index (χ0v) is 16.2. The van der Waals surface area contributed by atoms with Crippen LogP contribution in [0, 0.1) is 5.92 Å². The second kappa shape index (κ2) is 8.98. The van der Waals surface area contributed by atoms with Gasteiger partial charge in [0.1, 0.15) is 11.6 Å². The Morgan fingerprint density at radius 3 is 3.15 bits per heavy atom. The summed E-state index contributed by atoms with van der Waals surface area (Å²) < 4.78 is 9.78. The minimum absolute atomic E-state index is 0.0426. The maximum atomic E-state index is 12.3. The molecule has 140 valence electrons. The van der Waals surface area contributed by atoms with Crippen LogP contribution in [0.2, 0.25) is 0 Å². The van der Waals surface area contributed by atoms with E-state index >= 15 is 0 Å². The second-order valence-electron chi connectivity index (χ2n) is 6.60. The highest BCUT2D eigenvalue weighted by Crippen LogP contribution is 2.26. The van der Waals surface area contributed by atoms with E-state index in [2.05, 4.69) is 27.6 Å². The molecular weight excluding hydrogens is 348 g/mol. The predicted molar refractivity (Wildman–Crippen MR) is 104 cm³/mol. The number of nitrogens with one attached hydrogen (secondary N) is 1. The minimum atomic E-state index is 0.0426. The summed E-state index contributed by atoms with van der Waals surface area (Å²) in [6.07, 6.45) is 3.60. The lowest BCUT2D eigenvalue weighted by atomic mass is 9.97. The summed E-state index contributed by atoms with van der Waals surface area (Å²) in [5, 5.41) is 3.93. The van der Waals surface area contributed by atoms with Gasteiger partial charge in [-0.25, -0.2) is 4.98 Å². The molecule has 1 aromatic heterocycles. The smallest absolute Gasteiger partial charge is 0.224 e. The van der Waals surface area contributed by atoms with Gasteiger partial charge in [-0.1, -0.05) is 19.1 Å². The lowest BCUT2D eigenvalue weighted by Crippen LogP contribution is -2.43. The van der Waals surface area contributed by atoms with Crippen molar-refractivity contribution in [2.75, 3.05) is 31.6 Å². The van der Waals surface area contributed by atoms with Gasteiger partial charge >= 0.3 is 0 Å². The van der Waals surface area contributed by atoms with Gasteiger partial charge in [0, 0.05) is 37.6 Å². The van der Waals surface area contributed by atoms with E-state index in [1.165, 1.54) is 11.5 Å². The molecule has 3 rings (SSSR count). The van der Waals surface area contributed by atoms with Crippen molar-refractivity contribution in [2.24, 2.45) is 5.92 Å². The maximum absolute atomic E-state index is 12.3. The third kappa shape index (κ3) is 4.72. The van der Waals surface area contributed by atoms with E-state index in [-0.39, 0.29) is 11.8 Å². The number of piperidine rings is 1. The highest BCUT2D eigenvalue weighted by molar-refractivity contribution is 7.09. The van der Waals surface area contributed by atoms with Gasteiger partial charge in [0.25, 0.3) is 0 Å². The lowest BCUT2D eigenvalue weighted by molar-refractivity contribution is -0.125. The van der Waals surface area contributed by atoms with Gasteiger partial charge in [0.2, 0.25) is 11.0 Å². The molecule has 0 saturated carbocycles. The molecule has 1 N–H and O–H groups in total. The molecule has 0 aliphatic carbocycles. The Labute approximate surface area is 158 Å². The van der Waals surface area contributed by atoms with Crippen LogP contribution in [0.5, 0.6) is 5.75 Å². The fourth-order valence-corrected chi connectivity index (χ4v) is 3.89. The molecule has 26 heavy (non-hydrogen) atoms. The summed E-state index contributed by atoms with van der Waals surface area (Å²) in [6, 6.07) is 7.97. The van der Waals surface area contributed by atoms with Gasteiger partial charge in [0.15, 0.2) is 0 Å². The molecule has 2 aromatic rings. The number of rotatable bonds is 7. The number of methoxy groups -OCH3 is 1. The molecule has 1 aliphatic heterocycles. The van der Waals surface area contributed by atoms with Crippen molar-refractivity contribution in [2.45, 2.75) is 32.6 Å². The van der Waals surface area contributed by atoms with E-state index in [0.717, 1.165) is 61.2 Å². The molecule has 0 unspecified atom stereocenters. The third-order valence-corrected chi connectivity index (χ3v) is 5.38. The summed E-state index contributed by atoms with van der Waals surface area (Å²) in [5.74, 6) is 1.87. The molecule has 2 heterocycles. The number of carbonyl (C=O) groups is 1. The number of aromatic nitrogens is 2. The molecule has 1 aliphatic rings. The maximum Gasteiger partial charge on any atom is 0.224 e. The number of carbonyl (C=O) groups excluding carboxylic acids is 1. The summed E-state index contributed by atoms with van der Waals surface area (Å²) in [6.45, 7) is 4.48. The third-order valence-electron chi connectivity index (χ3n) is 4.57. The van der Waals surface area contributed by atoms with Gasteiger partial charge in [-0.3, -0.25) is 4.79 Å². The molecule has 0 bridgehead atoms. The van der Waals surface area contributed by atoms with Crippen LogP contribution < -0.4 is 15.0 Å². The largest absolute Gasteiger partial charge is 0.497 e. The number of ether oxygens (including phenoxy) is 1. The van der Waals surface area contributed by atoms with E-state index in [1.807, 2.05) is 18.2 Å². The zero-order valence-electron chi connectivity index (χ0n) is 15.4. The molecule has 1 amide bonds. The van der Waals surface area contributed by atoms with Crippen LogP contribution in [0.1, 0.15) is 37.6 Å². The highest BCUT2D eigenvalue weighted by Gasteiger charge is 2.27. The Hall–Kier alpha value is -2.15. The lowest BCUT2D eigenvalue weighted by Gasteiger charge is -2.31. The van der Waals surface area contributed by atoms with Gasteiger partial charge in [-0.05, 0) is 37.0 Å². The Balaban J connectivity index is 1.62. The fraction of sp³-hybridized carbons (Fsp3) is 0.526. The van der Waals surface area contributed by atoms with E-state index in [1.54, 1.807) is 7.11 Å². The fourth-order valence-electron chi connectivity index (χ4n) is 3.17. The summed E-state index contributed by atoms with van der Waals surface area (Å²) >= 11 is 1.42. The molecule has 1 aromatic carbocycles. The first-order chi connectivity index (χ1) is 12.7. The predicted octanol–water partition coefficient (Wildman–Crippen LogP) is 2.88. The Morgan fingerprint density at radius 2 is 2.35 bits per heavy atom. The van der Waals surface area contributed by atoms with E-state index in [4.69, 9.17) is 9.72 Å². The normalized spacial score (nSPS) is 17.2. The minimum Gasteiger partial charge on any atom is -0.497 e. The first kappa shape index (κ1) is 18.6. The van der Waals surface area contributed by atoms with E-state index < -0.39 is 0 Å². The molecular formula is C19H26N4O2S. The monoisotopic (exact) mass is 374 g/mol. The van der Waals surface area contributed by atoms with Crippen LogP contribution in [0.3, 0.4) is 0 Å². The first-order valence-electron chi connectivity index (χ1n) is 9.17. The van der Waals surface area contributed by atoms with Crippen LogP contribution in [-0.4, -0.2) is 42.0 Å². The second-order valence-corrected chi connectivity index (χ2v) is 7.33. The number of anilines is 1. The van der Waals surface area contributed by atoms with E-state index in [9.17, 15) is 4.79 Å². The quantitative estimate of drug-likeness (QED) is 0.807. The van der Waals surface area contributed by atoms with Gasteiger partial charge in [-0.15, -0.1) is 0 Å². The number of nitrogens with zero attached hydrogens (tertiary/aromatic N) is 3. The van der Waals surface area contributed by atoms with Crippen molar-refractivity contribution in [1.82, 2.24) is 14.7 Å². The van der Waals surface area contributed by atoms with Crippen molar-refractivity contribution in [1.29, 1.82) is 0 Å². The van der Waals surface area contributed by atoms with Crippen molar-refractivity contribution in [3.05, 3.63) is 35.7 Å². The van der Waals surface area contributed by atoms with Crippen LogP contribution in [0.4, 0.5) is 5.13 Å². The van der Waals surface area contributed by atoms with E-state index in [0.29, 0.717) is 6.42 Å². The Morgan fingerprint density at radius 1 is 1.46 bits per heavy atom. The molecule has 0 radical (unpaired) electrons. The SMILES string of the molecule is CCCNC(=O)[C@H]1CCCN(c2nc(Cc3cccc(OC)c3)ns2)C1. The molecule has 1 fully saturated rings. The van der Waals surface area contributed by atoms with Crippen molar-refractivity contribution < 1.29 is 9.53 Å². The van der Waals surface area contributed by atoms with Crippen molar-refractivity contribution in [3.63, 3.8) is 0 Å². The Bertz CT molecular complexity index is 734. The van der Waals surface area contributed by atoms with Gasteiger partial charge in [-0.2, -0.15) is 4.37 Å². The molecule has 6 nitrogen and oxygen atoms in total.